The summed E-state index contributed by atoms with van der Waals surface area (Å²) in [5.41, 5.74) is 10.2. The van der Waals surface area contributed by atoms with E-state index < -0.39 is 0 Å². The number of hydrogen-bond donors (Lipinski definition) is 3. The minimum atomic E-state index is -0.128. The summed E-state index contributed by atoms with van der Waals surface area (Å²) in [5.74, 6) is -0.128. The van der Waals surface area contributed by atoms with Gasteiger partial charge in [0.1, 0.15) is 0 Å². The summed E-state index contributed by atoms with van der Waals surface area (Å²) in [4.78, 5) is 11.8. The van der Waals surface area contributed by atoms with Crippen molar-refractivity contribution in [2.24, 2.45) is 0 Å². The van der Waals surface area contributed by atoms with E-state index in [0.717, 1.165) is 5.69 Å². The number of hydrogen-bond acceptors (Lipinski definition) is 3. The minimum absolute atomic E-state index is 0.128. The van der Waals surface area contributed by atoms with Crippen LogP contribution in [-0.4, -0.2) is 13.0 Å². The molecule has 104 valence electrons. The molecule has 0 heterocycles. The lowest BCUT2D eigenvalue weighted by atomic mass is 10.1. The first-order valence-corrected chi connectivity index (χ1v) is 6.52. The Labute approximate surface area is 119 Å². The van der Waals surface area contributed by atoms with Gasteiger partial charge in [0, 0.05) is 25.0 Å². The lowest BCUT2D eigenvalue weighted by molar-refractivity contribution is 0.0964. The van der Waals surface area contributed by atoms with Crippen molar-refractivity contribution in [1.82, 2.24) is 5.32 Å². The van der Waals surface area contributed by atoms with Gasteiger partial charge >= 0.3 is 0 Å². The molecule has 1 amide bonds. The average molecular weight is 269 g/mol. The molecule has 0 atom stereocenters. The molecule has 20 heavy (non-hydrogen) atoms. The highest BCUT2D eigenvalue weighted by molar-refractivity contribution is 6.00. The zero-order valence-corrected chi connectivity index (χ0v) is 11.7. The number of nitrogens with two attached hydrogens (primary N) is 1. The van der Waals surface area contributed by atoms with Crippen LogP contribution in [0, 0.1) is 6.92 Å². The summed E-state index contributed by atoms with van der Waals surface area (Å²) >= 11 is 0. The summed E-state index contributed by atoms with van der Waals surface area (Å²) in [6.07, 6.45) is 0. The van der Waals surface area contributed by atoms with E-state index in [1.54, 1.807) is 25.2 Å². The molecule has 4 heteroatoms. The largest absolute Gasteiger partial charge is 0.399 e. The molecule has 0 aliphatic rings. The van der Waals surface area contributed by atoms with E-state index in [1.807, 2.05) is 12.1 Å². The van der Waals surface area contributed by atoms with Crippen molar-refractivity contribution in [3.05, 3.63) is 59.2 Å². The maximum Gasteiger partial charge on any atom is 0.253 e. The monoisotopic (exact) mass is 269 g/mol. The topological polar surface area (TPSA) is 67.2 Å². The predicted molar refractivity (Wildman–Crippen MR) is 82.8 cm³/mol. The maximum absolute atomic E-state index is 11.8. The van der Waals surface area contributed by atoms with Crippen LogP contribution in [-0.2, 0) is 6.54 Å². The molecule has 2 aromatic rings. The number of nitrogens with one attached hydrogen (secondary N) is 2. The molecule has 0 unspecified atom stereocenters. The van der Waals surface area contributed by atoms with Gasteiger partial charge in [-0.15, -0.1) is 0 Å². The molecular weight excluding hydrogens is 250 g/mol. The number of carbonyl (C=O) groups is 1. The zero-order chi connectivity index (χ0) is 14.5. The fraction of sp³-hybridized carbons (Fsp3) is 0.188. The molecule has 0 aromatic heterocycles. The Morgan fingerprint density at radius 2 is 1.95 bits per heavy atom. The van der Waals surface area contributed by atoms with Gasteiger partial charge in [-0.3, -0.25) is 4.79 Å². The number of amides is 1. The molecule has 0 saturated heterocycles. The van der Waals surface area contributed by atoms with Crippen LogP contribution in [0.1, 0.15) is 21.5 Å². The van der Waals surface area contributed by atoms with Gasteiger partial charge in [0.15, 0.2) is 0 Å². The van der Waals surface area contributed by atoms with Crippen molar-refractivity contribution in [2.45, 2.75) is 13.5 Å². The first-order chi connectivity index (χ1) is 9.61. The van der Waals surface area contributed by atoms with Gasteiger partial charge in [0.25, 0.3) is 5.91 Å². The summed E-state index contributed by atoms with van der Waals surface area (Å²) in [6.45, 7) is 2.72. The molecular formula is C16H19N3O. The zero-order valence-electron chi connectivity index (χ0n) is 11.7. The number of rotatable bonds is 4. The van der Waals surface area contributed by atoms with Crippen molar-refractivity contribution < 1.29 is 4.79 Å². The highest BCUT2D eigenvalue weighted by Gasteiger charge is 2.10. The van der Waals surface area contributed by atoms with Crippen molar-refractivity contribution in [2.75, 3.05) is 18.1 Å². The molecule has 4 N–H and O–H groups in total. The van der Waals surface area contributed by atoms with Gasteiger partial charge in [-0.25, -0.2) is 0 Å². The van der Waals surface area contributed by atoms with E-state index in [4.69, 9.17) is 5.73 Å². The number of anilines is 2. The van der Waals surface area contributed by atoms with Crippen LogP contribution in [0.5, 0.6) is 0 Å². The molecule has 0 radical (unpaired) electrons. The first kappa shape index (κ1) is 13.9. The molecule has 2 aromatic carbocycles. The third kappa shape index (κ3) is 3.09. The van der Waals surface area contributed by atoms with Crippen molar-refractivity contribution in [1.29, 1.82) is 0 Å². The molecule has 4 nitrogen and oxygen atoms in total. The maximum atomic E-state index is 11.8. The molecule has 2 rings (SSSR count). The second-order valence-electron chi connectivity index (χ2n) is 4.66. The standard InChI is InChI=1S/C16H19N3O/c1-11-5-3-4-6-12(11)10-19-15-9-13(17)7-8-14(15)16(20)18-2/h3-9,19H,10,17H2,1-2H3,(H,18,20). The van der Waals surface area contributed by atoms with Crippen LogP contribution in [0.4, 0.5) is 11.4 Å². The molecule has 0 fully saturated rings. The van der Waals surface area contributed by atoms with Gasteiger partial charge in [-0.05, 0) is 36.2 Å². The molecule has 0 saturated carbocycles. The highest BCUT2D eigenvalue weighted by atomic mass is 16.1. The summed E-state index contributed by atoms with van der Waals surface area (Å²) in [6, 6.07) is 13.4. The van der Waals surface area contributed by atoms with Crippen LogP contribution in [0.15, 0.2) is 42.5 Å². The summed E-state index contributed by atoms with van der Waals surface area (Å²) < 4.78 is 0. The molecule has 0 bridgehead atoms. The molecule has 0 aliphatic carbocycles. The lowest BCUT2D eigenvalue weighted by Gasteiger charge is -2.13. The first-order valence-electron chi connectivity index (χ1n) is 6.52. The SMILES string of the molecule is CNC(=O)c1ccc(N)cc1NCc1ccccc1C. The third-order valence-electron chi connectivity index (χ3n) is 3.25. The van der Waals surface area contributed by atoms with E-state index in [0.29, 0.717) is 17.8 Å². The summed E-state index contributed by atoms with van der Waals surface area (Å²) in [5, 5.41) is 5.92. The lowest BCUT2D eigenvalue weighted by Crippen LogP contribution is -2.19. The van der Waals surface area contributed by atoms with Gasteiger partial charge in [0.2, 0.25) is 0 Å². The Morgan fingerprint density at radius 3 is 2.65 bits per heavy atom. The second-order valence-corrected chi connectivity index (χ2v) is 4.66. The van der Waals surface area contributed by atoms with Crippen LogP contribution >= 0.6 is 0 Å². The Kier molecular flexibility index (Phi) is 4.25. The quantitative estimate of drug-likeness (QED) is 0.747. The van der Waals surface area contributed by atoms with E-state index >= 15 is 0 Å². The van der Waals surface area contributed by atoms with Gasteiger partial charge < -0.3 is 16.4 Å². The number of benzene rings is 2. The highest BCUT2D eigenvalue weighted by Crippen LogP contribution is 2.20. The van der Waals surface area contributed by atoms with Crippen LogP contribution < -0.4 is 16.4 Å². The van der Waals surface area contributed by atoms with Gasteiger partial charge in [0.05, 0.1) is 5.56 Å². The van der Waals surface area contributed by atoms with Gasteiger partial charge in [-0.2, -0.15) is 0 Å². The van der Waals surface area contributed by atoms with Gasteiger partial charge in [-0.1, -0.05) is 24.3 Å². The van der Waals surface area contributed by atoms with E-state index in [2.05, 4.69) is 29.7 Å². The Bertz CT molecular complexity index is 623. The minimum Gasteiger partial charge on any atom is -0.399 e. The Balaban J connectivity index is 2.22. The third-order valence-corrected chi connectivity index (χ3v) is 3.25. The van der Waals surface area contributed by atoms with Crippen LogP contribution in [0.25, 0.3) is 0 Å². The Hall–Kier alpha value is -2.49. The van der Waals surface area contributed by atoms with E-state index in [1.165, 1.54) is 11.1 Å². The second kappa shape index (κ2) is 6.10. The molecule has 0 spiro atoms. The van der Waals surface area contributed by atoms with E-state index in [9.17, 15) is 4.79 Å². The normalized spacial score (nSPS) is 10.1. The van der Waals surface area contributed by atoms with Crippen molar-refractivity contribution in [3.63, 3.8) is 0 Å². The number of nitrogen functional groups attached to an aromatic ring is 1. The van der Waals surface area contributed by atoms with E-state index in [-0.39, 0.29) is 5.91 Å². The van der Waals surface area contributed by atoms with Crippen LogP contribution in [0.2, 0.25) is 0 Å². The predicted octanol–water partition coefficient (Wildman–Crippen LogP) is 2.55. The van der Waals surface area contributed by atoms with Crippen molar-refractivity contribution in [3.8, 4) is 0 Å². The molecule has 0 aliphatic heterocycles. The number of carbonyl (C=O) groups excluding carboxylic acids is 1. The Morgan fingerprint density at radius 1 is 1.20 bits per heavy atom. The smallest absolute Gasteiger partial charge is 0.253 e. The van der Waals surface area contributed by atoms with Crippen LogP contribution in [0.3, 0.4) is 0 Å². The number of aryl methyl sites for hydroxylation is 1. The fourth-order valence-electron chi connectivity index (χ4n) is 2.04. The average Bonchev–Trinajstić information content (AvgIpc) is 2.46. The fourth-order valence-corrected chi connectivity index (χ4v) is 2.04. The van der Waals surface area contributed by atoms with Crippen molar-refractivity contribution >= 4 is 17.3 Å². The summed E-state index contributed by atoms with van der Waals surface area (Å²) in [7, 11) is 1.61.